The Morgan fingerprint density at radius 2 is 1.97 bits per heavy atom. The number of benzene rings is 1. The van der Waals surface area contributed by atoms with Crippen molar-refractivity contribution in [2.75, 3.05) is 45.6 Å². The fourth-order valence-electron chi connectivity index (χ4n) is 4.78. The van der Waals surface area contributed by atoms with Crippen LogP contribution >= 0.6 is 0 Å². The van der Waals surface area contributed by atoms with Gasteiger partial charge < -0.3 is 20.5 Å². The van der Waals surface area contributed by atoms with Crippen LogP contribution in [0.2, 0.25) is 0 Å². The van der Waals surface area contributed by atoms with Crippen LogP contribution in [0.1, 0.15) is 12.1 Å². The highest BCUT2D eigenvalue weighted by Crippen LogP contribution is 2.34. The molecule has 9 heteroatoms. The largest absolute Gasteiger partial charge is 0.384 e. The second kappa shape index (κ2) is 9.76. The van der Waals surface area contributed by atoms with Gasteiger partial charge in [-0.05, 0) is 75.1 Å². The van der Waals surface area contributed by atoms with Crippen molar-refractivity contribution in [1.82, 2.24) is 35.4 Å². The van der Waals surface area contributed by atoms with Crippen LogP contribution in [0.25, 0.3) is 50.2 Å². The lowest BCUT2D eigenvalue weighted by Gasteiger charge is -2.13. The molecule has 5 heterocycles. The number of H-pyrrole nitrogens is 2. The third-order valence-electron chi connectivity index (χ3n) is 6.66. The Labute approximate surface area is 214 Å². The molecule has 0 bridgehead atoms. The van der Waals surface area contributed by atoms with E-state index in [1.165, 1.54) is 17.7 Å². The zero-order valence-electron chi connectivity index (χ0n) is 20.9. The van der Waals surface area contributed by atoms with Crippen LogP contribution in [0.15, 0.2) is 54.7 Å². The van der Waals surface area contributed by atoms with Gasteiger partial charge in [0.1, 0.15) is 17.0 Å². The van der Waals surface area contributed by atoms with Gasteiger partial charge in [0.15, 0.2) is 0 Å². The fraction of sp³-hybridized carbons (Fsp3) is 0.250. The SMILES string of the molecule is CN(C)CCNc1cc(F)cc(-c2nccc3[nH]c(-c4n[nH]c5ccc(C6=CCNCC6)nc45)cc23)c1. The molecule has 5 aromatic rings. The number of aromatic nitrogens is 5. The quantitative estimate of drug-likeness (QED) is 0.262. The lowest BCUT2D eigenvalue weighted by atomic mass is 10.0. The van der Waals surface area contributed by atoms with E-state index in [0.717, 1.165) is 77.3 Å². The van der Waals surface area contributed by atoms with E-state index in [1.54, 1.807) is 6.20 Å². The molecule has 188 valence electrons. The molecule has 0 fully saturated rings. The topological polar surface area (TPSA) is 97.5 Å². The van der Waals surface area contributed by atoms with Gasteiger partial charge in [0.2, 0.25) is 0 Å². The van der Waals surface area contributed by atoms with Gasteiger partial charge in [-0.2, -0.15) is 5.10 Å². The maximum Gasteiger partial charge on any atom is 0.135 e. The highest BCUT2D eigenvalue weighted by atomic mass is 19.1. The molecule has 0 aliphatic carbocycles. The number of fused-ring (bicyclic) bond motifs is 2. The number of halogens is 1. The van der Waals surface area contributed by atoms with E-state index >= 15 is 0 Å². The summed E-state index contributed by atoms with van der Waals surface area (Å²) in [5, 5.41) is 15.2. The number of hydrogen-bond donors (Lipinski definition) is 4. The molecule has 0 radical (unpaired) electrons. The van der Waals surface area contributed by atoms with Gasteiger partial charge in [-0.15, -0.1) is 0 Å². The average molecular weight is 497 g/mol. The first kappa shape index (κ1) is 23.3. The lowest BCUT2D eigenvalue weighted by molar-refractivity contribution is 0.425. The Morgan fingerprint density at radius 3 is 2.81 bits per heavy atom. The molecule has 0 saturated carbocycles. The molecular weight excluding hydrogens is 467 g/mol. The Kier molecular flexibility index (Phi) is 6.15. The Hall–Kier alpha value is -4.08. The average Bonchev–Trinajstić information content (AvgIpc) is 3.52. The van der Waals surface area contributed by atoms with Crippen molar-refractivity contribution in [1.29, 1.82) is 0 Å². The van der Waals surface area contributed by atoms with E-state index in [1.807, 2.05) is 44.4 Å². The highest BCUT2D eigenvalue weighted by Gasteiger charge is 2.17. The van der Waals surface area contributed by atoms with Crippen LogP contribution in [-0.4, -0.2) is 70.3 Å². The van der Waals surface area contributed by atoms with E-state index in [9.17, 15) is 4.39 Å². The Morgan fingerprint density at radius 1 is 1.05 bits per heavy atom. The number of rotatable bonds is 7. The number of nitrogens with one attached hydrogen (secondary N) is 4. The number of pyridine rings is 2. The normalized spacial score (nSPS) is 14.0. The van der Waals surface area contributed by atoms with Crippen molar-refractivity contribution in [3.05, 3.63) is 66.2 Å². The summed E-state index contributed by atoms with van der Waals surface area (Å²) in [6.45, 7) is 3.38. The van der Waals surface area contributed by atoms with Crippen LogP contribution in [0.3, 0.4) is 0 Å². The second-order valence-corrected chi connectivity index (χ2v) is 9.61. The number of hydrogen-bond acceptors (Lipinski definition) is 6. The molecular formula is C28H29FN8. The standard InChI is InChI=1S/C28H29FN8/c1-37(2)12-11-31-20-14-18(13-19(29)15-20)26-21-16-25(33-23(21)7-10-32-26)28-27-24(35-36-28)4-3-22(34-27)17-5-8-30-9-6-17/h3-5,7,10,13-16,30-31,33H,6,8-9,11-12H2,1-2H3,(H,35,36). The molecule has 1 aliphatic heterocycles. The highest BCUT2D eigenvalue weighted by molar-refractivity contribution is 5.99. The minimum atomic E-state index is -0.304. The van der Waals surface area contributed by atoms with Crippen molar-refractivity contribution < 1.29 is 4.39 Å². The summed E-state index contributed by atoms with van der Waals surface area (Å²) < 4.78 is 14.6. The van der Waals surface area contributed by atoms with E-state index in [0.29, 0.717) is 11.3 Å². The van der Waals surface area contributed by atoms with E-state index < -0.39 is 0 Å². The zero-order valence-corrected chi connectivity index (χ0v) is 20.9. The minimum absolute atomic E-state index is 0.304. The van der Waals surface area contributed by atoms with Crippen LogP contribution in [0, 0.1) is 5.82 Å². The van der Waals surface area contributed by atoms with Crippen molar-refractivity contribution >= 4 is 33.2 Å². The van der Waals surface area contributed by atoms with Gasteiger partial charge in [0, 0.05) is 48.0 Å². The predicted octanol–water partition coefficient (Wildman–Crippen LogP) is 4.66. The van der Waals surface area contributed by atoms with Gasteiger partial charge >= 0.3 is 0 Å². The summed E-state index contributed by atoms with van der Waals surface area (Å²) >= 11 is 0. The molecule has 4 aromatic heterocycles. The van der Waals surface area contributed by atoms with Crippen LogP contribution in [-0.2, 0) is 0 Å². The third kappa shape index (κ3) is 4.71. The second-order valence-electron chi connectivity index (χ2n) is 9.61. The molecule has 0 unspecified atom stereocenters. The molecule has 1 aliphatic rings. The summed E-state index contributed by atoms with van der Waals surface area (Å²) in [6.07, 6.45) is 4.89. The van der Waals surface area contributed by atoms with Crippen LogP contribution in [0.5, 0.6) is 0 Å². The van der Waals surface area contributed by atoms with Gasteiger partial charge in [-0.1, -0.05) is 6.08 Å². The maximum absolute atomic E-state index is 14.6. The summed E-state index contributed by atoms with van der Waals surface area (Å²) in [5.74, 6) is -0.304. The molecule has 0 atom stereocenters. The first-order valence-corrected chi connectivity index (χ1v) is 12.5. The molecule has 1 aromatic carbocycles. The van der Waals surface area contributed by atoms with E-state index in [-0.39, 0.29) is 5.82 Å². The fourth-order valence-corrected chi connectivity index (χ4v) is 4.78. The Bertz CT molecular complexity index is 1610. The summed E-state index contributed by atoms with van der Waals surface area (Å²) in [6, 6.07) is 13.0. The van der Waals surface area contributed by atoms with Gasteiger partial charge in [-0.25, -0.2) is 9.37 Å². The molecule has 8 nitrogen and oxygen atoms in total. The smallest absolute Gasteiger partial charge is 0.135 e. The van der Waals surface area contributed by atoms with Gasteiger partial charge in [0.25, 0.3) is 0 Å². The lowest BCUT2D eigenvalue weighted by Crippen LogP contribution is -2.20. The third-order valence-corrected chi connectivity index (χ3v) is 6.66. The summed E-state index contributed by atoms with van der Waals surface area (Å²) in [4.78, 5) is 15.1. The zero-order chi connectivity index (χ0) is 25.4. The number of likely N-dealkylation sites (N-methyl/N-ethyl adjacent to an activating group) is 1. The first-order valence-electron chi connectivity index (χ1n) is 12.5. The van der Waals surface area contributed by atoms with E-state index in [2.05, 4.69) is 41.8 Å². The molecule has 4 N–H and O–H groups in total. The Balaban J connectivity index is 1.39. The molecule has 0 spiro atoms. The predicted molar refractivity (Wildman–Crippen MR) is 147 cm³/mol. The molecule has 6 rings (SSSR count). The number of nitrogens with zero attached hydrogens (tertiary/aromatic N) is 4. The minimum Gasteiger partial charge on any atom is -0.384 e. The van der Waals surface area contributed by atoms with E-state index in [4.69, 9.17) is 4.98 Å². The molecule has 37 heavy (non-hydrogen) atoms. The van der Waals surface area contributed by atoms with Crippen molar-refractivity contribution in [2.24, 2.45) is 0 Å². The molecule has 0 amide bonds. The van der Waals surface area contributed by atoms with Crippen molar-refractivity contribution in [3.8, 4) is 22.6 Å². The van der Waals surface area contributed by atoms with Gasteiger partial charge in [-0.3, -0.25) is 10.1 Å². The summed E-state index contributed by atoms with van der Waals surface area (Å²) in [7, 11) is 4.02. The first-order chi connectivity index (χ1) is 18.0. The van der Waals surface area contributed by atoms with Crippen LogP contribution < -0.4 is 10.6 Å². The maximum atomic E-state index is 14.6. The van der Waals surface area contributed by atoms with Crippen molar-refractivity contribution in [3.63, 3.8) is 0 Å². The number of anilines is 1. The van der Waals surface area contributed by atoms with Crippen molar-refractivity contribution in [2.45, 2.75) is 6.42 Å². The van der Waals surface area contributed by atoms with Crippen LogP contribution in [0.4, 0.5) is 10.1 Å². The summed E-state index contributed by atoms with van der Waals surface area (Å²) in [5.41, 5.74) is 8.56. The molecule has 0 saturated heterocycles. The number of aromatic amines is 2. The van der Waals surface area contributed by atoms with Gasteiger partial charge in [0.05, 0.1) is 22.6 Å². The monoisotopic (exact) mass is 496 g/mol.